The number of hydrogen-bond donors (Lipinski definition) is 1. The molecular weight excluding hydrogens is 264 g/mol. The Morgan fingerprint density at radius 3 is 2.79 bits per heavy atom. The molecule has 0 saturated heterocycles. The zero-order valence-corrected chi connectivity index (χ0v) is 11.4. The van der Waals surface area contributed by atoms with E-state index in [-0.39, 0.29) is 17.6 Å². The normalized spacial score (nSPS) is 23.0. The highest BCUT2D eigenvalue weighted by Gasteiger charge is 2.28. The number of carboxylic acids is 1. The second-order valence-electron chi connectivity index (χ2n) is 5.21. The van der Waals surface area contributed by atoms with E-state index in [1.165, 1.54) is 0 Å². The number of carbonyl (C=O) groups excluding carboxylic acids is 1. The Balaban J connectivity index is 1.97. The lowest BCUT2D eigenvalue weighted by Crippen LogP contribution is -2.24. The maximum absolute atomic E-state index is 12.1. The molecular formula is C15H17ClO3. The van der Waals surface area contributed by atoms with E-state index in [4.69, 9.17) is 16.7 Å². The van der Waals surface area contributed by atoms with Gasteiger partial charge in [-0.15, -0.1) is 0 Å². The van der Waals surface area contributed by atoms with Crippen LogP contribution in [0.15, 0.2) is 24.3 Å². The van der Waals surface area contributed by atoms with Crippen molar-refractivity contribution in [2.24, 2.45) is 11.8 Å². The molecule has 1 aromatic rings. The largest absolute Gasteiger partial charge is 0.481 e. The van der Waals surface area contributed by atoms with Gasteiger partial charge in [-0.05, 0) is 37.3 Å². The van der Waals surface area contributed by atoms with Gasteiger partial charge in [0.2, 0.25) is 0 Å². The van der Waals surface area contributed by atoms with Crippen LogP contribution in [0.4, 0.5) is 0 Å². The van der Waals surface area contributed by atoms with Gasteiger partial charge in [-0.25, -0.2) is 0 Å². The number of carbonyl (C=O) groups is 2. The molecule has 2 atom stereocenters. The number of hydrogen-bond acceptors (Lipinski definition) is 2. The highest BCUT2D eigenvalue weighted by Crippen LogP contribution is 2.32. The van der Waals surface area contributed by atoms with Gasteiger partial charge in [0.25, 0.3) is 0 Å². The summed E-state index contributed by atoms with van der Waals surface area (Å²) in [5.74, 6) is -0.786. The van der Waals surface area contributed by atoms with Crippen molar-refractivity contribution in [2.75, 3.05) is 0 Å². The lowest BCUT2D eigenvalue weighted by molar-refractivity contribution is -0.143. The minimum atomic E-state index is -0.736. The fourth-order valence-electron chi connectivity index (χ4n) is 2.74. The van der Waals surface area contributed by atoms with Crippen molar-refractivity contribution in [1.82, 2.24) is 0 Å². The minimum Gasteiger partial charge on any atom is -0.481 e. The number of halogens is 1. The predicted octanol–water partition coefficient (Wildman–Crippen LogP) is 3.80. The summed E-state index contributed by atoms with van der Waals surface area (Å²) in [6.07, 6.45) is 3.60. The summed E-state index contributed by atoms with van der Waals surface area (Å²) < 4.78 is 0. The highest BCUT2D eigenvalue weighted by molar-refractivity contribution is 6.31. The van der Waals surface area contributed by atoms with Crippen LogP contribution in [0.25, 0.3) is 0 Å². The molecule has 0 aromatic heterocycles. The van der Waals surface area contributed by atoms with Crippen molar-refractivity contribution in [3.63, 3.8) is 0 Å². The van der Waals surface area contributed by atoms with Crippen LogP contribution >= 0.6 is 11.6 Å². The first kappa shape index (κ1) is 14.1. The summed E-state index contributed by atoms with van der Waals surface area (Å²) >= 11 is 5.87. The van der Waals surface area contributed by atoms with E-state index >= 15 is 0 Å². The Hall–Kier alpha value is -1.35. The summed E-state index contributed by atoms with van der Waals surface area (Å²) in [7, 11) is 0. The van der Waals surface area contributed by atoms with E-state index in [0.717, 1.165) is 19.3 Å². The van der Waals surface area contributed by atoms with Gasteiger partial charge in [-0.2, -0.15) is 0 Å². The maximum atomic E-state index is 12.1. The molecule has 1 fully saturated rings. The molecule has 4 heteroatoms. The van der Waals surface area contributed by atoms with Crippen molar-refractivity contribution >= 4 is 23.4 Å². The number of benzene rings is 1. The molecule has 0 amide bonds. The van der Waals surface area contributed by atoms with E-state index in [0.29, 0.717) is 23.4 Å². The molecule has 0 aliphatic heterocycles. The number of rotatable bonds is 4. The van der Waals surface area contributed by atoms with Crippen LogP contribution < -0.4 is 0 Å². The second-order valence-corrected chi connectivity index (χ2v) is 5.64. The zero-order valence-electron chi connectivity index (χ0n) is 10.6. The van der Waals surface area contributed by atoms with Crippen LogP contribution in [0.2, 0.25) is 5.02 Å². The van der Waals surface area contributed by atoms with Gasteiger partial charge in [-0.1, -0.05) is 30.2 Å². The molecule has 19 heavy (non-hydrogen) atoms. The number of Topliss-reactive ketones (excluding diaryl/α,β-unsaturated/α-hetero) is 1. The van der Waals surface area contributed by atoms with E-state index in [2.05, 4.69) is 0 Å². The summed E-state index contributed by atoms with van der Waals surface area (Å²) in [6, 6.07) is 6.92. The van der Waals surface area contributed by atoms with E-state index in [9.17, 15) is 9.59 Å². The molecule has 1 saturated carbocycles. The summed E-state index contributed by atoms with van der Waals surface area (Å²) in [4.78, 5) is 23.1. The molecule has 0 heterocycles. The van der Waals surface area contributed by atoms with E-state index in [1.54, 1.807) is 24.3 Å². The lowest BCUT2D eigenvalue weighted by Gasteiger charge is -2.26. The highest BCUT2D eigenvalue weighted by atomic mass is 35.5. The van der Waals surface area contributed by atoms with Crippen molar-refractivity contribution in [1.29, 1.82) is 0 Å². The molecule has 3 nitrogen and oxygen atoms in total. The van der Waals surface area contributed by atoms with E-state index < -0.39 is 5.97 Å². The average Bonchev–Trinajstić information content (AvgIpc) is 2.39. The lowest BCUT2D eigenvalue weighted by atomic mass is 9.78. The Kier molecular flexibility index (Phi) is 4.59. The SMILES string of the molecule is O=C(C[C@H]1CCC[C@@H](C(=O)O)C1)c1cccc(Cl)c1. The topological polar surface area (TPSA) is 54.4 Å². The molecule has 2 rings (SSSR count). The Bertz CT molecular complexity index is 484. The molecule has 102 valence electrons. The monoisotopic (exact) mass is 280 g/mol. The molecule has 0 radical (unpaired) electrons. The van der Waals surface area contributed by atoms with Gasteiger partial charge in [0.1, 0.15) is 0 Å². The molecule has 1 aromatic carbocycles. The quantitative estimate of drug-likeness (QED) is 0.854. The summed E-state index contributed by atoms with van der Waals surface area (Å²) in [6.45, 7) is 0. The number of ketones is 1. The second kappa shape index (κ2) is 6.20. The Labute approximate surface area is 117 Å². The third-order valence-electron chi connectivity index (χ3n) is 3.75. The third-order valence-corrected chi connectivity index (χ3v) is 3.99. The molecule has 1 aliphatic carbocycles. The molecule has 1 aliphatic rings. The van der Waals surface area contributed by atoms with Crippen molar-refractivity contribution in [2.45, 2.75) is 32.1 Å². The van der Waals surface area contributed by atoms with Crippen LogP contribution in [0.1, 0.15) is 42.5 Å². The van der Waals surface area contributed by atoms with Gasteiger partial charge >= 0.3 is 5.97 Å². The van der Waals surface area contributed by atoms with Crippen LogP contribution in [0.3, 0.4) is 0 Å². The van der Waals surface area contributed by atoms with Crippen LogP contribution in [0, 0.1) is 11.8 Å². The van der Waals surface area contributed by atoms with Gasteiger partial charge < -0.3 is 5.11 Å². The van der Waals surface area contributed by atoms with E-state index in [1.807, 2.05) is 0 Å². The van der Waals surface area contributed by atoms with Crippen LogP contribution in [-0.2, 0) is 4.79 Å². The molecule has 1 N–H and O–H groups in total. The fraction of sp³-hybridized carbons (Fsp3) is 0.467. The number of carboxylic acid groups (broad SMARTS) is 1. The molecule has 0 unspecified atom stereocenters. The number of aliphatic carboxylic acids is 1. The van der Waals surface area contributed by atoms with Gasteiger partial charge in [0, 0.05) is 17.0 Å². The Morgan fingerprint density at radius 1 is 1.32 bits per heavy atom. The Morgan fingerprint density at radius 2 is 2.11 bits per heavy atom. The average molecular weight is 281 g/mol. The first-order chi connectivity index (χ1) is 9.06. The fourth-order valence-corrected chi connectivity index (χ4v) is 2.93. The first-order valence-electron chi connectivity index (χ1n) is 6.58. The zero-order chi connectivity index (χ0) is 13.8. The molecule has 0 bridgehead atoms. The van der Waals surface area contributed by atoms with Gasteiger partial charge in [0.05, 0.1) is 5.92 Å². The third kappa shape index (κ3) is 3.80. The summed E-state index contributed by atoms with van der Waals surface area (Å²) in [5, 5.41) is 9.59. The van der Waals surface area contributed by atoms with Crippen LogP contribution in [-0.4, -0.2) is 16.9 Å². The van der Waals surface area contributed by atoms with Crippen molar-refractivity contribution < 1.29 is 14.7 Å². The van der Waals surface area contributed by atoms with Crippen molar-refractivity contribution in [3.05, 3.63) is 34.9 Å². The molecule has 0 spiro atoms. The van der Waals surface area contributed by atoms with Gasteiger partial charge in [0.15, 0.2) is 5.78 Å². The maximum Gasteiger partial charge on any atom is 0.306 e. The smallest absolute Gasteiger partial charge is 0.306 e. The standard InChI is InChI=1S/C15H17ClO3/c16-13-6-2-4-11(9-13)14(17)8-10-3-1-5-12(7-10)15(18)19/h2,4,6,9-10,12H,1,3,5,7-8H2,(H,18,19)/t10-,12+/m0/s1. The summed E-state index contributed by atoms with van der Waals surface area (Å²) in [5.41, 5.74) is 0.616. The predicted molar refractivity (Wildman–Crippen MR) is 73.5 cm³/mol. The van der Waals surface area contributed by atoms with Crippen LogP contribution in [0.5, 0.6) is 0 Å². The first-order valence-corrected chi connectivity index (χ1v) is 6.95. The minimum absolute atomic E-state index is 0.0542. The van der Waals surface area contributed by atoms with Crippen molar-refractivity contribution in [3.8, 4) is 0 Å². The van der Waals surface area contributed by atoms with Gasteiger partial charge in [-0.3, -0.25) is 9.59 Å².